The molecule has 0 saturated carbocycles. The molecule has 1 saturated heterocycles. The number of H-pyrrole nitrogens is 1. The van der Waals surface area contributed by atoms with Gasteiger partial charge >= 0.3 is 5.69 Å². The van der Waals surface area contributed by atoms with E-state index in [2.05, 4.69) is 35.8 Å². The van der Waals surface area contributed by atoms with E-state index in [-0.39, 0.29) is 11.7 Å². The van der Waals surface area contributed by atoms with Crippen LogP contribution in [0.3, 0.4) is 0 Å². The quantitative estimate of drug-likeness (QED) is 0.892. The second-order valence-electron chi connectivity index (χ2n) is 4.93. The van der Waals surface area contributed by atoms with Crippen molar-refractivity contribution in [1.82, 2.24) is 24.4 Å². The molecule has 1 N–H and O–H groups in total. The summed E-state index contributed by atoms with van der Waals surface area (Å²) in [6.45, 7) is 6.12. The van der Waals surface area contributed by atoms with Crippen LogP contribution >= 0.6 is 15.9 Å². The Hall–Kier alpha value is -1.25. The molecule has 1 aliphatic rings. The van der Waals surface area contributed by atoms with Gasteiger partial charge in [0.2, 0.25) is 0 Å². The van der Waals surface area contributed by atoms with Crippen molar-refractivity contribution >= 4 is 27.2 Å². The van der Waals surface area contributed by atoms with Crippen LogP contribution in [0.4, 0.5) is 0 Å². The number of fused-ring (bicyclic) bond motifs is 1. The molecule has 108 valence electrons. The van der Waals surface area contributed by atoms with Crippen molar-refractivity contribution in [3.8, 4) is 0 Å². The summed E-state index contributed by atoms with van der Waals surface area (Å²) < 4.78 is 7.63. The first-order chi connectivity index (χ1) is 9.65. The molecular formula is C12H16BrN5O2. The van der Waals surface area contributed by atoms with E-state index in [1.165, 1.54) is 0 Å². The number of halogens is 1. The number of imidazole rings is 1. The normalized spacial score (nSPS) is 18.5. The number of hydrogen-bond donors (Lipinski definition) is 1. The van der Waals surface area contributed by atoms with E-state index >= 15 is 0 Å². The van der Waals surface area contributed by atoms with Crippen LogP contribution in [0, 0.1) is 0 Å². The highest BCUT2D eigenvalue weighted by molar-refractivity contribution is 9.10. The average Bonchev–Trinajstić information content (AvgIpc) is 2.75. The highest BCUT2D eigenvalue weighted by Crippen LogP contribution is 2.15. The van der Waals surface area contributed by atoms with Crippen molar-refractivity contribution in [2.45, 2.75) is 13.0 Å². The molecule has 3 heterocycles. The zero-order valence-corrected chi connectivity index (χ0v) is 12.8. The van der Waals surface area contributed by atoms with Crippen molar-refractivity contribution in [1.29, 1.82) is 0 Å². The summed E-state index contributed by atoms with van der Waals surface area (Å²) in [7, 11) is 0. The van der Waals surface area contributed by atoms with Crippen molar-refractivity contribution in [3.63, 3.8) is 0 Å². The molecule has 0 radical (unpaired) electrons. The summed E-state index contributed by atoms with van der Waals surface area (Å²) in [5.41, 5.74) is 0.941. The van der Waals surface area contributed by atoms with Gasteiger partial charge in [0.05, 0.1) is 25.5 Å². The van der Waals surface area contributed by atoms with Gasteiger partial charge in [-0.1, -0.05) is 0 Å². The predicted octanol–water partition coefficient (Wildman–Crippen LogP) is 0.775. The zero-order chi connectivity index (χ0) is 14.1. The summed E-state index contributed by atoms with van der Waals surface area (Å²) in [5, 5.41) is 0. The fourth-order valence-corrected chi connectivity index (χ4v) is 2.79. The van der Waals surface area contributed by atoms with E-state index in [1.54, 1.807) is 10.8 Å². The van der Waals surface area contributed by atoms with Gasteiger partial charge in [0, 0.05) is 19.6 Å². The third kappa shape index (κ3) is 2.63. The maximum Gasteiger partial charge on any atom is 0.329 e. The van der Waals surface area contributed by atoms with Gasteiger partial charge < -0.3 is 4.74 Å². The molecule has 0 bridgehead atoms. The number of aromatic nitrogens is 4. The van der Waals surface area contributed by atoms with Crippen LogP contribution in [0.2, 0.25) is 0 Å². The molecule has 8 heteroatoms. The number of morpholine rings is 1. The van der Waals surface area contributed by atoms with Gasteiger partial charge in [-0.15, -0.1) is 0 Å². The molecule has 0 aliphatic carbocycles. The number of nitrogens with zero attached hydrogens (tertiary/aromatic N) is 4. The average molecular weight is 342 g/mol. The van der Waals surface area contributed by atoms with Crippen LogP contribution in [-0.2, 0) is 4.74 Å². The lowest BCUT2D eigenvalue weighted by Gasteiger charge is -2.29. The van der Waals surface area contributed by atoms with E-state index in [4.69, 9.17) is 4.74 Å². The molecule has 0 amide bonds. The summed E-state index contributed by atoms with van der Waals surface area (Å²) >= 11 is 3.29. The second-order valence-corrected chi connectivity index (χ2v) is 5.74. The first-order valence-corrected chi connectivity index (χ1v) is 7.37. The first kappa shape index (κ1) is 13.7. The van der Waals surface area contributed by atoms with Crippen molar-refractivity contribution in [2.24, 2.45) is 0 Å². The van der Waals surface area contributed by atoms with Crippen molar-refractivity contribution in [3.05, 3.63) is 21.3 Å². The van der Waals surface area contributed by atoms with Crippen LogP contribution in [-0.4, -0.2) is 57.3 Å². The van der Waals surface area contributed by atoms with Gasteiger partial charge in [-0.3, -0.25) is 14.5 Å². The van der Waals surface area contributed by atoms with Crippen LogP contribution in [0.1, 0.15) is 13.0 Å². The van der Waals surface area contributed by atoms with E-state index in [0.29, 0.717) is 15.9 Å². The van der Waals surface area contributed by atoms with Crippen LogP contribution < -0.4 is 5.69 Å². The Balaban J connectivity index is 1.90. The van der Waals surface area contributed by atoms with Crippen LogP contribution in [0.5, 0.6) is 0 Å². The first-order valence-electron chi connectivity index (χ1n) is 6.58. The molecule has 20 heavy (non-hydrogen) atoms. The molecule has 1 fully saturated rings. The Labute approximate surface area is 124 Å². The molecule has 2 aromatic heterocycles. The third-order valence-corrected chi connectivity index (χ3v) is 3.85. The van der Waals surface area contributed by atoms with Gasteiger partial charge in [-0.05, 0) is 22.9 Å². The number of rotatable bonds is 3. The standard InChI is InChI=1S/C12H16BrN5O2/c1-8(7-17-2-4-20-5-3-17)18-11-10(16-12(18)19)14-6-9(13)15-11/h6,8H,2-5,7H2,1H3,(H,14,16,19). The highest BCUT2D eigenvalue weighted by Gasteiger charge is 2.19. The van der Waals surface area contributed by atoms with E-state index < -0.39 is 0 Å². The molecule has 1 atom stereocenters. The van der Waals surface area contributed by atoms with Gasteiger partial charge in [0.1, 0.15) is 4.60 Å². The summed E-state index contributed by atoms with van der Waals surface area (Å²) in [6.07, 6.45) is 1.58. The van der Waals surface area contributed by atoms with Gasteiger partial charge in [-0.2, -0.15) is 0 Å². The minimum Gasteiger partial charge on any atom is -0.379 e. The van der Waals surface area contributed by atoms with Crippen molar-refractivity contribution < 1.29 is 4.74 Å². The Morgan fingerprint density at radius 1 is 1.50 bits per heavy atom. The van der Waals surface area contributed by atoms with E-state index in [0.717, 1.165) is 32.8 Å². The molecule has 1 aliphatic heterocycles. The Bertz CT molecular complexity index is 661. The monoisotopic (exact) mass is 341 g/mol. The lowest BCUT2D eigenvalue weighted by atomic mass is 10.3. The molecule has 3 rings (SSSR count). The fourth-order valence-electron chi connectivity index (χ4n) is 2.52. The van der Waals surface area contributed by atoms with Gasteiger partial charge in [0.15, 0.2) is 11.3 Å². The Morgan fingerprint density at radius 2 is 2.25 bits per heavy atom. The molecule has 1 unspecified atom stereocenters. The molecule has 0 spiro atoms. The number of ether oxygens (including phenoxy) is 1. The molecule has 7 nitrogen and oxygen atoms in total. The van der Waals surface area contributed by atoms with Crippen LogP contribution in [0.15, 0.2) is 15.6 Å². The maximum absolute atomic E-state index is 12.1. The van der Waals surface area contributed by atoms with Crippen molar-refractivity contribution in [2.75, 3.05) is 32.8 Å². The predicted molar refractivity (Wildman–Crippen MR) is 77.8 cm³/mol. The summed E-state index contributed by atoms with van der Waals surface area (Å²) in [5.74, 6) is 0. The lowest BCUT2D eigenvalue weighted by molar-refractivity contribution is 0.0326. The largest absolute Gasteiger partial charge is 0.379 e. The van der Waals surface area contributed by atoms with Gasteiger partial charge in [-0.25, -0.2) is 14.8 Å². The fraction of sp³-hybridized carbons (Fsp3) is 0.583. The van der Waals surface area contributed by atoms with Gasteiger partial charge in [0.25, 0.3) is 0 Å². The molecular weight excluding hydrogens is 326 g/mol. The third-order valence-electron chi connectivity index (χ3n) is 3.46. The Kier molecular flexibility index (Phi) is 3.86. The second kappa shape index (κ2) is 5.63. The molecule has 0 aromatic carbocycles. The number of hydrogen-bond acceptors (Lipinski definition) is 5. The zero-order valence-electron chi connectivity index (χ0n) is 11.2. The smallest absolute Gasteiger partial charge is 0.329 e. The minimum absolute atomic E-state index is 0.0259. The maximum atomic E-state index is 12.1. The summed E-state index contributed by atoms with van der Waals surface area (Å²) in [6, 6.07) is 0.0259. The lowest BCUT2D eigenvalue weighted by Crippen LogP contribution is -2.40. The van der Waals surface area contributed by atoms with Crippen LogP contribution in [0.25, 0.3) is 11.3 Å². The van der Waals surface area contributed by atoms with E-state index in [9.17, 15) is 4.79 Å². The Morgan fingerprint density at radius 3 is 3.00 bits per heavy atom. The summed E-state index contributed by atoms with van der Waals surface area (Å²) in [4.78, 5) is 25.7. The highest BCUT2D eigenvalue weighted by atomic mass is 79.9. The van der Waals surface area contributed by atoms with E-state index in [1.807, 2.05) is 6.92 Å². The molecule has 2 aromatic rings. The number of aromatic amines is 1. The topological polar surface area (TPSA) is 76.0 Å². The minimum atomic E-state index is -0.168. The number of nitrogens with one attached hydrogen (secondary N) is 1. The SMILES string of the molecule is CC(CN1CCOCC1)n1c(=O)[nH]c2ncc(Br)nc21.